The largest absolute Gasteiger partial charge is 0.513 e. The van der Waals surface area contributed by atoms with Crippen LogP contribution in [0.25, 0.3) is 0 Å². The van der Waals surface area contributed by atoms with Gasteiger partial charge in [-0.1, -0.05) is 58.2 Å². The first kappa shape index (κ1) is 28.7. The second kappa shape index (κ2) is 13.5. The molecule has 2 unspecified atom stereocenters. The molecule has 3 nitrogen and oxygen atoms in total. The molecule has 2 saturated carbocycles. The van der Waals surface area contributed by atoms with Gasteiger partial charge in [-0.3, -0.25) is 0 Å². The minimum Gasteiger partial charge on any atom is -0.513 e. The van der Waals surface area contributed by atoms with Crippen molar-refractivity contribution >= 4 is 0 Å². The molecule has 2 fully saturated rings. The number of allylic oxidation sites excluding steroid dienone is 1. The van der Waals surface area contributed by atoms with Crippen molar-refractivity contribution in [3.05, 3.63) is 47.7 Å². The molecule has 34 heavy (non-hydrogen) atoms. The van der Waals surface area contributed by atoms with E-state index < -0.39 is 17.3 Å². The smallest absolute Gasteiger partial charge is 0.416 e. The fourth-order valence-corrected chi connectivity index (χ4v) is 5.16. The fraction of sp³-hybridized carbons (Fsp3) is 0.714. The molecule has 0 spiro atoms. The molecule has 2 aliphatic carbocycles. The van der Waals surface area contributed by atoms with E-state index in [-0.39, 0.29) is 11.7 Å². The first-order valence-electron chi connectivity index (χ1n) is 13.0. The molecule has 1 aromatic rings. The van der Waals surface area contributed by atoms with Gasteiger partial charge in [0, 0.05) is 13.0 Å². The van der Waals surface area contributed by atoms with Crippen LogP contribution in [0.5, 0.6) is 0 Å². The van der Waals surface area contributed by atoms with E-state index in [1.165, 1.54) is 25.7 Å². The maximum absolute atomic E-state index is 12.5. The van der Waals surface area contributed by atoms with Crippen LogP contribution in [-0.4, -0.2) is 28.9 Å². The van der Waals surface area contributed by atoms with Crippen molar-refractivity contribution in [1.29, 1.82) is 0 Å². The maximum Gasteiger partial charge on any atom is 0.416 e. The molecule has 0 heterocycles. The van der Waals surface area contributed by atoms with Crippen LogP contribution in [0.4, 0.5) is 13.2 Å². The summed E-state index contributed by atoms with van der Waals surface area (Å²) in [6.07, 6.45) is 7.20. The molecule has 3 rings (SSSR count). The van der Waals surface area contributed by atoms with Gasteiger partial charge in [0.2, 0.25) is 0 Å². The molecular weight excluding hydrogens is 439 g/mol. The Balaban J connectivity index is 0.000000257. The van der Waals surface area contributed by atoms with Gasteiger partial charge in [0.1, 0.15) is 0 Å². The summed E-state index contributed by atoms with van der Waals surface area (Å²) in [7, 11) is 0. The SMILES string of the molecule is C=C(O)CC1CCCC(c2ccc(C(F)(F)F)cc2)C1.CC(C)CCNCC1(O)CCCCC1. The fourth-order valence-electron chi connectivity index (χ4n) is 5.16. The molecule has 0 radical (unpaired) electrons. The van der Waals surface area contributed by atoms with Crippen molar-refractivity contribution in [2.75, 3.05) is 13.1 Å². The Morgan fingerprint density at radius 1 is 1.09 bits per heavy atom. The Hall–Kier alpha value is -1.53. The number of rotatable bonds is 8. The number of alkyl halides is 3. The van der Waals surface area contributed by atoms with Crippen molar-refractivity contribution in [3.63, 3.8) is 0 Å². The molecule has 2 atom stereocenters. The van der Waals surface area contributed by atoms with E-state index in [0.717, 1.165) is 75.2 Å². The quantitative estimate of drug-likeness (QED) is 0.262. The molecule has 0 aliphatic heterocycles. The van der Waals surface area contributed by atoms with E-state index in [4.69, 9.17) is 0 Å². The average Bonchev–Trinajstić information content (AvgIpc) is 2.77. The van der Waals surface area contributed by atoms with Crippen molar-refractivity contribution in [2.24, 2.45) is 11.8 Å². The van der Waals surface area contributed by atoms with Crippen molar-refractivity contribution in [3.8, 4) is 0 Å². The summed E-state index contributed by atoms with van der Waals surface area (Å²) in [5, 5.41) is 22.8. The van der Waals surface area contributed by atoms with Gasteiger partial charge < -0.3 is 15.5 Å². The number of aliphatic hydroxyl groups is 2. The van der Waals surface area contributed by atoms with E-state index >= 15 is 0 Å². The summed E-state index contributed by atoms with van der Waals surface area (Å²) in [5.74, 6) is 1.62. The molecular formula is C28H44F3NO2. The molecule has 0 amide bonds. The van der Waals surface area contributed by atoms with Crippen LogP contribution >= 0.6 is 0 Å². The van der Waals surface area contributed by atoms with Gasteiger partial charge in [-0.15, -0.1) is 0 Å². The van der Waals surface area contributed by atoms with Gasteiger partial charge >= 0.3 is 6.18 Å². The lowest BCUT2D eigenvalue weighted by Crippen LogP contribution is -2.42. The third-order valence-corrected chi connectivity index (χ3v) is 7.15. The van der Waals surface area contributed by atoms with Crippen molar-refractivity contribution in [2.45, 2.75) is 102 Å². The van der Waals surface area contributed by atoms with Gasteiger partial charge in [-0.05, 0) is 80.5 Å². The summed E-state index contributed by atoms with van der Waals surface area (Å²) in [6.45, 7) is 9.82. The summed E-state index contributed by atoms with van der Waals surface area (Å²) < 4.78 is 37.6. The number of hydrogen-bond acceptors (Lipinski definition) is 3. The minimum absolute atomic E-state index is 0.197. The van der Waals surface area contributed by atoms with Crippen LogP contribution in [0, 0.1) is 11.8 Å². The number of nitrogens with one attached hydrogen (secondary N) is 1. The third-order valence-electron chi connectivity index (χ3n) is 7.15. The zero-order chi connectivity index (χ0) is 25.2. The van der Waals surface area contributed by atoms with Gasteiger partial charge in [-0.25, -0.2) is 0 Å². The number of aliphatic hydroxyl groups excluding tert-OH is 1. The van der Waals surface area contributed by atoms with Gasteiger partial charge in [0.25, 0.3) is 0 Å². The Morgan fingerprint density at radius 2 is 1.74 bits per heavy atom. The van der Waals surface area contributed by atoms with E-state index in [9.17, 15) is 23.4 Å². The topological polar surface area (TPSA) is 52.5 Å². The van der Waals surface area contributed by atoms with Crippen molar-refractivity contribution in [1.82, 2.24) is 5.32 Å². The Kier molecular flexibility index (Phi) is 11.4. The predicted molar refractivity (Wildman–Crippen MR) is 133 cm³/mol. The second-order valence-corrected chi connectivity index (χ2v) is 10.8. The van der Waals surface area contributed by atoms with Gasteiger partial charge in [-0.2, -0.15) is 13.2 Å². The maximum atomic E-state index is 12.5. The number of halogens is 3. The lowest BCUT2D eigenvalue weighted by Gasteiger charge is -2.32. The molecule has 6 heteroatoms. The summed E-state index contributed by atoms with van der Waals surface area (Å²) >= 11 is 0. The monoisotopic (exact) mass is 483 g/mol. The lowest BCUT2D eigenvalue weighted by atomic mass is 9.76. The standard InChI is InChI=1S/C16H19F3O.C12H25NO/c1-11(20)9-12-3-2-4-14(10-12)13-5-7-15(8-6-13)16(17,18)19;1-11(2)6-9-13-10-12(14)7-4-3-5-8-12/h5-8,12,14,20H,1-4,9-10H2;11,13-14H,3-10H2,1-2H3. The molecule has 0 aromatic heterocycles. The molecule has 0 saturated heterocycles. The number of benzene rings is 1. The van der Waals surface area contributed by atoms with Gasteiger partial charge in [0.05, 0.1) is 16.9 Å². The first-order valence-corrected chi connectivity index (χ1v) is 13.0. The summed E-state index contributed by atoms with van der Waals surface area (Å²) in [5.41, 5.74) is -0.0292. The zero-order valence-electron chi connectivity index (χ0n) is 21.0. The Bertz CT molecular complexity index is 724. The highest BCUT2D eigenvalue weighted by atomic mass is 19.4. The Morgan fingerprint density at radius 3 is 2.29 bits per heavy atom. The van der Waals surface area contributed by atoms with Crippen LogP contribution in [0.2, 0.25) is 0 Å². The van der Waals surface area contributed by atoms with E-state index in [0.29, 0.717) is 12.3 Å². The first-order chi connectivity index (χ1) is 16.0. The molecule has 194 valence electrons. The molecule has 3 N–H and O–H groups in total. The third kappa shape index (κ3) is 10.4. The van der Waals surface area contributed by atoms with Crippen LogP contribution in [0.1, 0.15) is 102 Å². The highest BCUT2D eigenvalue weighted by Crippen LogP contribution is 2.39. The van der Waals surface area contributed by atoms with Crippen LogP contribution in [0.15, 0.2) is 36.6 Å². The zero-order valence-corrected chi connectivity index (χ0v) is 21.0. The van der Waals surface area contributed by atoms with Crippen LogP contribution < -0.4 is 5.32 Å². The van der Waals surface area contributed by atoms with E-state index in [1.807, 2.05) is 0 Å². The minimum atomic E-state index is -4.28. The normalized spacial score (nSPS) is 22.7. The summed E-state index contributed by atoms with van der Waals surface area (Å²) in [6, 6.07) is 5.49. The summed E-state index contributed by atoms with van der Waals surface area (Å²) in [4.78, 5) is 0. The molecule has 1 aromatic carbocycles. The van der Waals surface area contributed by atoms with Crippen LogP contribution in [-0.2, 0) is 6.18 Å². The van der Waals surface area contributed by atoms with Crippen LogP contribution in [0.3, 0.4) is 0 Å². The molecule has 0 bridgehead atoms. The highest BCUT2D eigenvalue weighted by molar-refractivity contribution is 5.27. The van der Waals surface area contributed by atoms with Crippen molar-refractivity contribution < 1.29 is 23.4 Å². The van der Waals surface area contributed by atoms with E-state index in [1.54, 1.807) is 12.1 Å². The van der Waals surface area contributed by atoms with E-state index in [2.05, 4.69) is 25.7 Å². The van der Waals surface area contributed by atoms with Gasteiger partial charge in [0.15, 0.2) is 0 Å². The Labute approximate surface area is 203 Å². The second-order valence-electron chi connectivity index (χ2n) is 10.8. The lowest BCUT2D eigenvalue weighted by molar-refractivity contribution is -0.137. The average molecular weight is 484 g/mol. The predicted octanol–water partition coefficient (Wildman–Crippen LogP) is 7.76. The highest BCUT2D eigenvalue weighted by Gasteiger charge is 2.31. The number of hydrogen-bond donors (Lipinski definition) is 3. The molecule has 2 aliphatic rings.